The fourth-order valence-corrected chi connectivity index (χ4v) is 3.88. The second-order valence-corrected chi connectivity index (χ2v) is 7.70. The van der Waals surface area contributed by atoms with E-state index in [0.29, 0.717) is 34.1 Å². The summed E-state index contributed by atoms with van der Waals surface area (Å²) in [6.45, 7) is 0. The zero-order chi connectivity index (χ0) is 24.1. The Balaban J connectivity index is 1.83. The van der Waals surface area contributed by atoms with Crippen molar-refractivity contribution in [2.45, 2.75) is 12.3 Å². The molecule has 0 bridgehead atoms. The van der Waals surface area contributed by atoms with Gasteiger partial charge in [0.25, 0.3) is 0 Å². The second kappa shape index (κ2) is 10.0. The van der Waals surface area contributed by atoms with E-state index >= 15 is 0 Å². The first-order valence-corrected chi connectivity index (χ1v) is 10.7. The lowest BCUT2D eigenvalue weighted by molar-refractivity contribution is -0.138. The van der Waals surface area contributed by atoms with Crippen LogP contribution in [0.25, 0.3) is 22.6 Å². The highest BCUT2D eigenvalue weighted by molar-refractivity contribution is 5.79. The summed E-state index contributed by atoms with van der Waals surface area (Å²) in [5.74, 6) is -0.166. The molecule has 1 atom stereocenters. The summed E-state index contributed by atoms with van der Waals surface area (Å²) in [4.78, 5) is 21.7. The molecule has 0 saturated carbocycles. The van der Waals surface area contributed by atoms with Crippen molar-refractivity contribution in [2.75, 3.05) is 20.0 Å². The monoisotopic (exact) mass is 455 g/mol. The average Bonchev–Trinajstić information content (AvgIpc) is 2.88. The molecule has 0 aliphatic rings. The van der Waals surface area contributed by atoms with Gasteiger partial charge in [0.2, 0.25) is 0 Å². The number of aliphatic carboxylic acids is 1. The van der Waals surface area contributed by atoms with E-state index < -0.39 is 11.9 Å². The molecule has 0 fully saturated rings. The maximum atomic E-state index is 12.4. The summed E-state index contributed by atoms with van der Waals surface area (Å²) in [6, 6.07) is 24.2. The molecule has 34 heavy (non-hydrogen) atoms. The Kier molecular flexibility index (Phi) is 6.73. The fourth-order valence-electron chi connectivity index (χ4n) is 3.88. The number of ether oxygens (including phenoxy) is 2. The number of benzene rings is 3. The van der Waals surface area contributed by atoms with E-state index in [4.69, 9.17) is 20.2 Å². The lowest BCUT2D eigenvalue weighted by Gasteiger charge is -2.19. The zero-order valence-corrected chi connectivity index (χ0v) is 18.9. The zero-order valence-electron chi connectivity index (χ0n) is 18.9. The van der Waals surface area contributed by atoms with E-state index in [0.717, 1.165) is 11.1 Å². The highest BCUT2D eigenvalue weighted by Crippen LogP contribution is 2.35. The molecule has 0 saturated heterocycles. The molecule has 4 rings (SSSR count). The molecular formula is C27H25N3O4. The normalized spacial score (nSPS) is 11.6. The molecule has 1 aromatic heterocycles. The highest BCUT2D eigenvalue weighted by atomic mass is 16.5. The number of carboxylic acids is 1. The molecular weight excluding hydrogens is 430 g/mol. The number of hydrogen-bond donors (Lipinski definition) is 2. The van der Waals surface area contributed by atoms with Gasteiger partial charge in [0, 0.05) is 16.7 Å². The van der Waals surface area contributed by atoms with Crippen LogP contribution in [0.5, 0.6) is 11.5 Å². The Labute approximate surface area is 197 Å². The van der Waals surface area contributed by atoms with Crippen LogP contribution < -0.4 is 15.2 Å². The van der Waals surface area contributed by atoms with Crippen LogP contribution in [-0.2, 0) is 11.2 Å². The SMILES string of the molecule is COc1ccc(C(Cc2c(N)nc(-c3ccccc3)nc2-c2ccccc2)C(=O)O)cc1OC. The van der Waals surface area contributed by atoms with Gasteiger partial charge in [0.1, 0.15) is 5.82 Å². The quantitative estimate of drug-likeness (QED) is 0.392. The van der Waals surface area contributed by atoms with Crippen molar-refractivity contribution >= 4 is 11.8 Å². The van der Waals surface area contributed by atoms with E-state index in [-0.39, 0.29) is 12.2 Å². The minimum Gasteiger partial charge on any atom is -0.493 e. The third-order valence-electron chi connectivity index (χ3n) is 5.63. The summed E-state index contributed by atoms with van der Waals surface area (Å²) in [5, 5.41) is 10.1. The van der Waals surface area contributed by atoms with E-state index in [1.165, 1.54) is 14.2 Å². The van der Waals surface area contributed by atoms with Crippen LogP contribution in [0.3, 0.4) is 0 Å². The number of rotatable bonds is 8. The summed E-state index contributed by atoms with van der Waals surface area (Å²) in [7, 11) is 3.05. The lowest BCUT2D eigenvalue weighted by atomic mass is 9.90. The summed E-state index contributed by atoms with van der Waals surface area (Å²) >= 11 is 0. The summed E-state index contributed by atoms with van der Waals surface area (Å²) in [6.07, 6.45) is 0.107. The maximum absolute atomic E-state index is 12.4. The van der Waals surface area contributed by atoms with Crippen molar-refractivity contribution in [2.24, 2.45) is 0 Å². The molecule has 0 aliphatic carbocycles. The number of nitrogens with two attached hydrogens (primary N) is 1. The molecule has 1 unspecified atom stereocenters. The molecule has 7 heteroatoms. The third-order valence-corrected chi connectivity index (χ3v) is 5.63. The van der Waals surface area contributed by atoms with Crippen LogP contribution in [-0.4, -0.2) is 35.3 Å². The lowest BCUT2D eigenvalue weighted by Crippen LogP contribution is -2.17. The predicted octanol–water partition coefficient (Wildman–Crippen LogP) is 4.82. The standard InChI is InChI=1S/C27H25N3O4/c1-33-22-14-13-19(15-23(22)34-2)20(27(31)32)16-21-24(17-9-5-3-6-10-17)29-26(30-25(21)28)18-11-7-4-8-12-18/h3-15,20H,16H2,1-2H3,(H,31,32)(H2,28,29,30). The van der Waals surface area contributed by atoms with Gasteiger partial charge in [-0.25, -0.2) is 9.97 Å². The van der Waals surface area contributed by atoms with Crippen LogP contribution in [0.15, 0.2) is 78.9 Å². The van der Waals surface area contributed by atoms with Gasteiger partial charge in [-0.2, -0.15) is 0 Å². The molecule has 172 valence electrons. The van der Waals surface area contributed by atoms with Crippen LogP contribution in [0.1, 0.15) is 17.0 Å². The van der Waals surface area contributed by atoms with Crippen molar-refractivity contribution < 1.29 is 19.4 Å². The van der Waals surface area contributed by atoms with Gasteiger partial charge in [-0.3, -0.25) is 4.79 Å². The number of hydrogen-bond acceptors (Lipinski definition) is 6. The third kappa shape index (κ3) is 4.68. The number of carboxylic acid groups (broad SMARTS) is 1. The molecule has 1 heterocycles. The van der Waals surface area contributed by atoms with Crippen LogP contribution in [0, 0.1) is 0 Å². The van der Waals surface area contributed by atoms with E-state index in [2.05, 4.69) is 4.98 Å². The Morgan fingerprint density at radius 2 is 1.50 bits per heavy atom. The molecule has 0 radical (unpaired) electrons. The number of nitrogens with zero attached hydrogens (tertiary/aromatic N) is 2. The van der Waals surface area contributed by atoms with Gasteiger partial charge in [-0.1, -0.05) is 66.7 Å². The smallest absolute Gasteiger partial charge is 0.311 e. The molecule has 4 aromatic rings. The molecule has 0 aliphatic heterocycles. The van der Waals surface area contributed by atoms with Crippen LogP contribution in [0.4, 0.5) is 5.82 Å². The summed E-state index contributed by atoms with van der Waals surface area (Å²) < 4.78 is 10.7. The molecule has 3 N–H and O–H groups in total. The predicted molar refractivity (Wildman–Crippen MR) is 131 cm³/mol. The number of aromatic nitrogens is 2. The summed E-state index contributed by atoms with van der Waals surface area (Å²) in [5.41, 5.74) is 9.85. The van der Waals surface area contributed by atoms with Crippen molar-refractivity contribution in [3.63, 3.8) is 0 Å². The molecule has 0 spiro atoms. The fraction of sp³-hybridized carbons (Fsp3) is 0.148. The topological polar surface area (TPSA) is 108 Å². The largest absolute Gasteiger partial charge is 0.493 e. The van der Waals surface area contributed by atoms with Crippen LogP contribution in [0.2, 0.25) is 0 Å². The maximum Gasteiger partial charge on any atom is 0.311 e. The molecule has 7 nitrogen and oxygen atoms in total. The van der Waals surface area contributed by atoms with Crippen molar-refractivity contribution in [1.82, 2.24) is 9.97 Å². The minimum absolute atomic E-state index is 0.107. The van der Waals surface area contributed by atoms with Crippen LogP contribution >= 0.6 is 0 Å². The van der Waals surface area contributed by atoms with Gasteiger partial charge in [-0.15, -0.1) is 0 Å². The average molecular weight is 456 g/mol. The highest BCUT2D eigenvalue weighted by Gasteiger charge is 2.26. The van der Waals surface area contributed by atoms with Gasteiger partial charge >= 0.3 is 5.97 Å². The van der Waals surface area contributed by atoms with Crippen molar-refractivity contribution in [1.29, 1.82) is 0 Å². The second-order valence-electron chi connectivity index (χ2n) is 7.70. The van der Waals surface area contributed by atoms with E-state index in [1.807, 2.05) is 60.7 Å². The molecule has 3 aromatic carbocycles. The first kappa shape index (κ1) is 22.8. The number of carbonyl (C=O) groups is 1. The first-order chi connectivity index (χ1) is 16.5. The molecule has 0 amide bonds. The minimum atomic E-state index is -0.988. The number of nitrogen functional groups attached to an aromatic ring is 1. The first-order valence-electron chi connectivity index (χ1n) is 10.7. The van der Waals surface area contributed by atoms with E-state index in [1.54, 1.807) is 18.2 Å². The van der Waals surface area contributed by atoms with Gasteiger partial charge in [-0.05, 0) is 24.1 Å². The Bertz CT molecular complexity index is 1290. The van der Waals surface area contributed by atoms with Crippen molar-refractivity contribution in [3.8, 4) is 34.1 Å². The number of methoxy groups -OCH3 is 2. The van der Waals surface area contributed by atoms with Gasteiger partial charge < -0.3 is 20.3 Å². The Morgan fingerprint density at radius 1 is 0.882 bits per heavy atom. The van der Waals surface area contributed by atoms with Crippen molar-refractivity contribution in [3.05, 3.63) is 90.0 Å². The van der Waals surface area contributed by atoms with Gasteiger partial charge in [0.15, 0.2) is 17.3 Å². The Hall–Kier alpha value is -4.39. The Morgan fingerprint density at radius 3 is 2.09 bits per heavy atom. The van der Waals surface area contributed by atoms with E-state index in [9.17, 15) is 9.90 Å². The van der Waals surface area contributed by atoms with Gasteiger partial charge in [0.05, 0.1) is 25.8 Å². The number of anilines is 1.